The Morgan fingerprint density at radius 2 is 2.67 bits per heavy atom. The van der Waals surface area contributed by atoms with Crippen LogP contribution < -0.4 is 5.43 Å². The summed E-state index contributed by atoms with van der Waals surface area (Å²) in [4.78, 5) is 0. The summed E-state index contributed by atoms with van der Waals surface area (Å²) in [6, 6.07) is 0. The first kappa shape index (κ1) is 4.02. The van der Waals surface area contributed by atoms with Crippen LogP contribution in [0.5, 0.6) is 0 Å². The van der Waals surface area contributed by atoms with Crippen LogP contribution in [0, 0.1) is 0 Å². The molecule has 0 aromatic rings. The van der Waals surface area contributed by atoms with Gasteiger partial charge in [0.2, 0.25) is 0 Å². The highest BCUT2D eigenvalue weighted by Crippen LogP contribution is 1.92. The van der Waals surface area contributed by atoms with E-state index in [1.165, 1.54) is 0 Å². The van der Waals surface area contributed by atoms with Crippen LogP contribution >= 0.6 is 12.8 Å². The van der Waals surface area contributed by atoms with Gasteiger partial charge in [-0.05, 0) is 12.8 Å². The first-order valence-corrected chi connectivity index (χ1v) is 2.18. The van der Waals surface area contributed by atoms with Crippen molar-refractivity contribution >= 4 is 12.8 Å². The Hall–Kier alpha value is -0.150. The zero-order valence-corrected chi connectivity index (χ0v) is 4.15. The van der Waals surface area contributed by atoms with E-state index in [0.717, 1.165) is 6.54 Å². The predicted molar refractivity (Wildman–Crippen MR) is 28.0 cm³/mol. The van der Waals surface area contributed by atoms with Crippen LogP contribution in [0.4, 0.5) is 0 Å². The molecule has 0 saturated heterocycles. The number of thiol groups is 1. The highest BCUT2D eigenvalue weighted by atomic mass is 32.1. The van der Waals surface area contributed by atoms with Crippen LogP contribution in [-0.4, -0.2) is 11.0 Å². The molecule has 0 atom stereocenters. The van der Waals surface area contributed by atoms with E-state index in [4.69, 9.17) is 0 Å². The van der Waals surface area contributed by atoms with Gasteiger partial charge in [0.05, 0.1) is 0 Å². The van der Waals surface area contributed by atoms with Crippen LogP contribution in [0.3, 0.4) is 0 Å². The topological polar surface area (TPSA) is 15.3 Å². The molecule has 0 bridgehead atoms. The minimum Gasteiger partial charge on any atom is -0.261 e. The molecule has 34 valence electrons. The molecule has 1 rings (SSSR count). The van der Waals surface area contributed by atoms with E-state index < -0.39 is 0 Å². The maximum atomic E-state index is 3.93. The first-order valence-electron chi connectivity index (χ1n) is 1.78. The minimum atomic E-state index is 0.906. The van der Waals surface area contributed by atoms with Crippen molar-refractivity contribution in [1.29, 1.82) is 0 Å². The SMILES string of the molecule is SN1C=CCN1. The molecule has 6 heavy (non-hydrogen) atoms. The maximum absolute atomic E-state index is 3.93. The fourth-order valence-corrected chi connectivity index (χ4v) is 0.527. The van der Waals surface area contributed by atoms with Crippen molar-refractivity contribution in [1.82, 2.24) is 9.84 Å². The van der Waals surface area contributed by atoms with Crippen molar-refractivity contribution in [3.8, 4) is 0 Å². The number of nitrogens with zero attached hydrogens (tertiary/aromatic N) is 1. The smallest absolute Gasteiger partial charge is 0.0358 e. The Balaban J connectivity index is 2.38. The highest BCUT2D eigenvalue weighted by Gasteiger charge is 1.91. The molecular formula is C3H6N2S. The number of rotatable bonds is 0. The summed E-state index contributed by atoms with van der Waals surface area (Å²) >= 11 is 3.93. The summed E-state index contributed by atoms with van der Waals surface area (Å²) in [5.41, 5.74) is 2.91. The van der Waals surface area contributed by atoms with E-state index in [2.05, 4.69) is 18.2 Å². The van der Waals surface area contributed by atoms with Crippen molar-refractivity contribution in [3.63, 3.8) is 0 Å². The highest BCUT2D eigenvalue weighted by molar-refractivity contribution is 7.77. The van der Waals surface area contributed by atoms with Crippen molar-refractivity contribution in [2.75, 3.05) is 6.54 Å². The molecule has 1 heterocycles. The predicted octanol–water partition coefficient (Wildman–Crippen LogP) is 0.165. The number of hydrogen-bond donors (Lipinski definition) is 2. The van der Waals surface area contributed by atoms with Crippen LogP contribution in [0.2, 0.25) is 0 Å². The average molecular weight is 102 g/mol. The summed E-state index contributed by atoms with van der Waals surface area (Å²) in [6.07, 6.45) is 3.86. The van der Waals surface area contributed by atoms with Gasteiger partial charge in [-0.15, -0.1) is 0 Å². The fourth-order valence-electron chi connectivity index (χ4n) is 0.351. The Kier molecular flexibility index (Phi) is 1.03. The van der Waals surface area contributed by atoms with E-state index in [1.807, 2.05) is 12.3 Å². The van der Waals surface area contributed by atoms with Crippen molar-refractivity contribution in [3.05, 3.63) is 12.3 Å². The molecule has 2 nitrogen and oxygen atoms in total. The molecule has 1 aliphatic heterocycles. The molecule has 0 fully saturated rings. The molecule has 0 saturated carbocycles. The normalized spacial score (nSPS) is 19.8. The second-order valence-electron chi connectivity index (χ2n) is 1.09. The second kappa shape index (κ2) is 1.53. The van der Waals surface area contributed by atoms with Crippen LogP contribution in [0.25, 0.3) is 0 Å². The molecule has 0 unspecified atom stereocenters. The zero-order chi connectivity index (χ0) is 4.41. The van der Waals surface area contributed by atoms with Gasteiger partial charge in [-0.2, -0.15) is 0 Å². The summed E-state index contributed by atoms with van der Waals surface area (Å²) in [5, 5.41) is 0. The van der Waals surface area contributed by atoms with E-state index in [0.29, 0.717) is 0 Å². The lowest BCUT2D eigenvalue weighted by Gasteiger charge is -2.02. The Morgan fingerprint density at radius 3 is 2.83 bits per heavy atom. The number of hydrogen-bond acceptors (Lipinski definition) is 3. The Bertz CT molecular complexity index is 71.2. The van der Waals surface area contributed by atoms with Gasteiger partial charge < -0.3 is 0 Å². The monoisotopic (exact) mass is 102 g/mol. The Labute approximate surface area is 42.3 Å². The second-order valence-corrected chi connectivity index (χ2v) is 1.52. The summed E-state index contributed by atoms with van der Waals surface area (Å²) in [6.45, 7) is 0.906. The van der Waals surface area contributed by atoms with Crippen LogP contribution in [0.15, 0.2) is 12.3 Å². The van der Waals surface area contributed by atoms with E-state index in [-0.39, 0.29) is 0 Å². The van der Waals surface area contributed by atoms with Gasteiger partial charge in [-0.1, -0.05) is 6.08 Å². The number of hydrazine groups is 1. The Morgan fingerprint density at radius 1 is 1.83 bits per heavy atom. The lowest BCUT2D eigenvalue weighted by Crippen LogP contribution is -2.18. The van der Waals surface area contributed by atoms with Gasteiger partial charge in [-0.3, -0.25) is 4.41 Å². The lowest BCUT2D eigenvalue weighted by molar-refractivity contribution is 0.523. The molecule has 0 radical (unpaired) electrons. The van der Waals surface area contributed by atoms with Gasteiger partial charge in [0.15, 0.2) is 0 Å². The van der Waals surface area contributed by atoms with Crippen LogP contribution in [-0.2, 0) is 0 Å². The third-order valence-electron chi connectivity index (χ3n) is 0.618. The van der Waals surface area contributed by atoms with Crippen molar-refractivity contribution < 1.29 is 0 Å². The molecule has 0 aromatic carbocycles. The minimum absolute atomic E-state index is 0.906. The molecule has 0 amide bonds. The van der Waals surface area contributed by atoms with Crippen molar-refractivity contribution in [2.24, 2.45) is 0 Å². The quantitative estimate of drug-likeness (QED) is 0.424. The van der Waals surface area contributed by atoms with E-state index in [1.54, 1.807) is 4.41 Å². The number of nitrogens with one attached hydrogen (secondary N) is 1. The first-order chi connectivity index (χ1) is 2.89. The van der Waals surface area contributed by atoms with Gasteiger partial charge in [-0.25, -0.2) is 5.43 Å². The summed E-state index contributed by atoms with van der Waals surface area (Å²) in [5.74, 6) is 0. The molecular weight excluding hydrogens is 96.1 g/mol. The standard InChI is InChI=1S/C3H6N2S/c6-5-3-1-2-4-5/h1,3-4,6H,2H2. The van der Waals surface area contributed by atoms with E-state index >= 15 is 0 Å². The van der Waals surface area contributed by atoms with Gasteiger partial charge in [0, 0.05) is 12.7 Å². The third-order valence-corrected chi connectivity index (χ3v) is 0.893. The van der Waals surface area contributed by atoms with Gasteiger partial charge in [0.25, 0.3) is 0 Å². The summed E-state index contributed by atoms with van der Waals surface area (Å²) in [7, 11) is 0. The molecule has 0 aliphatic carbocycles. The van der Waals surface area contributed by atoms with Gasteiger partial charge >= 0.3 is 0 Å². The van der Waals surface area contributed by atoms with Crippen molar-refractivity contribution in [2.45, 2.75) is 0 Å². The van der Waals surface area contributed by atoms with Crippen LogP contribution in [0.1, 0.15) is 0 Å². The molecule has 0 aromatic heterocycles. The largest absolute Gasteiger partial charge is 0.261 e. The fraction of sp³-hybridized carbons (Fsp3) is 0.333. The molecule has 3 heteroatoms. The maximum Gasteiger partial charge on any atom is 0.0358 e. The molecule has 0 spiro atoms. The average Bonchev–Trinajstić information content (AvgIpc) is 1.86. The third kappa shape index (κ3) is 0.666. The van der Waals surface area contributed by atoms with Gasteiger partial charge in [0.1, 0.15) is 0 Å². The summed E-state index contributed by atoms with van der Waals surface area (Å²) < 4.78 is 1.62. The molecule has 1 aliphatic rings. The zero-order valence-electron chi connectivity index (χ0n) is 3.26. The molecule has 1 N–H and O–H groups in total. The lowest BCUT2D eigenvalue weighted by atomic mass is 10.7. The van der Waals surface area contributed by atoms with E-state index in [9.17, 15) is 0 Å².